The van der Waals surface area contributed by atoms with Gasteiger partial charge in [0.1, 0.15) is 11.6 Å². The number of carbonyl (C=O) groups is 1. The molecule has 5 nitrogen and oxygen atoms in total. The number of nitrogens with zero attached hydrogens (tertiary/aromatic N) is 2. The Balaban J connectivity index is 1.26. The Labute approximate surface area is 191 Å². The first-order valence-electron chi connectivity index (χ1n) is 10.7. The monoisotopic (exact) mass is 460 g/mol. The van der Waals surface area contributed by atoms with Crippen LogP contribution in [-0.4, -0.2) is 24.2 Å². The molecule has 0 saturated heterocycles. The molecule has 1 unspecified atom stereocenters. The van der Waals surface area contributed by atoms with Crippen LogP contribution in [0.15, 0.2) is 84.3 Å². The summed E-state index contributed by atoms with van der Waals surface area (Å²) < 4.78 is 40.2. The molecule has 0 spiro atoms. The number of aromatic nitrogens is 2. The Bertz CT molecular complexity index is 1440. The molecular weight excluding hydrogens is 439 g/mol. The topological polar surface area (TPSA) is 77.0 Å². The molecule has 166 valence electrons. The number of halogens is 1. The van der Waals surface area contributed by atoms with Crippen LogP contribution in [0, 0.1) is 11.7 Å². The van der Waals surface area contributed by atoms with E-state index in [1.54, 1.807) is 73.2 Å². The van der Waals surface area contributed by atoms with Crippen molar-refractivity contribution in [3.05, 3.63) is 102 Å². The molecule has 1 saturated carbocycles. The maximum atomic E-state index is 14.8. The van der Waals surface area contributed by atoms with Gasteiger partial charge in [0, 0.05) is 47.9 Å². The molecule has 2 heterocycles. The molecule has 4 aromatic rings. The number of rotatable bonds is 7. The number of sulfone groups is 1. The predicted octanol–water partition coefficient (Wildman–Crippen LogP) is 4.66. The van der Waals surface area contributed by atoms with E-state index in [4.69, 9.17) is 0 Å². The van der Waals surface area contributed by atoms with Crippen LogP contribution in [0.3, 0.4) is 0 Å². The molecule has 2 aromatic heterocycles. The molecule has 0 N–H and O–H groups in total. The van der Waals surface area contributed by atoms with E-state index in [0.717, 1.165) is 5.56 Å². The first kappa shape index (κ1) is 21.4. The summed E-state index contributed by atoms with van der Waals surface area (Å²) in [7, 11) is -3.48. The van der Waals surface area contributed by atoms with Gasteiger partial charge in [-0.3, -0.25) is 14.8 Å². The minimum atomic E-state index is -3.48. The summed E-state index contributed by atoms with van der Waals surface area (Å²) in [5, 5.41) is 1.17. The summed E-state index contributed by atoms with van der Waals surface area (Å²) in [5.74, 6) is -0.613. The van der Waals surface area contributed by atoms with Crippen molar-refractivity contribution in [1.29, 1.82) is 0 Å². The van der Waals surface area contributed by atoms with Gasteiger partial charge in [-0.2, -0.15) is 0 Å². The third-order valence-electron chi connectivity index (χ3n) is 6.15. The van der Waals surface area contributed by atoms with Gasteiger partial charge in [-0.1, -0.05) is 30.3 Å². The number of carbonyl (C=O) groups excluding carboxylic acids is 1. The van der Waals surface area contributed by atoms with Gasteiger partial charge in [-0.25, -0.2) is 12.8 Å². The molecule has 7 heteroatoms. The van der Waals surface area contributed by atoms with Gasteiger partial charge in [0.05, 0.1) is 10.6 Å². The molecule has 1 fully saturated rings. The Morgan fingerprint density at radius 3 is 2.52 bits per heavy atom. The van der Waals surface area contributed by atoms with E-state index in [1.165, 1.54) is 6.20 Å². The number of fused-ring (bicyclic) bond motifs is 1. The lowest BCUT2D eigenvalue weighted by Crippen LogP contribution is -2.08. The maximum absolute atomic E-state index is 14.8. The molecule has 1 aliphatic rings. The summed E-state index contributed by atoms with van der Waals surface area (Å²) in [5.41, 5.74) is 1.95. The summed E-state index contributed by atoms with van der Waals surface area (Å²) >= 11 is 0. The molecule has 0 radical (unpaired) electrons. The number of ketones is 1. The molecule has 0 amide bonds. The van der Waals surface area contributed by atoms with Gasteiger partial charge in [0.15, 0.2) is 9.84 Å². The lowest BCUT2D eigenvalue weighted by atomic mass is 10.00. The molecule has 33 heavy (non-hydrogen) atoms. The van der Waals surface area contributed by atoms with Crippen molar-refractivity contribution in [2.24, 2.45) is 5.92 Å². The van der Waals surface area contributed by atoms with E-state index < -0.39 is 9.84 Å². The second kappa shape index (κ2) is 8.48. The minimum absolute atomic E-state index is 0.000539. The third-order valence-corrected chi connectivity index (χ3v) is 7.85. The van der Waals surface area contributed by atoms with Gasteiger partial charge >= 0.3 is 0 Å². The predicted molar refractivity (Wildman–Crippen MR) is 123 cm³/mol. The Morgan fingerprint density at radius 2 is 1.76 bits per heavy atom. The van der Waals surface area contributed by atoms with Crippen LogP contribution >= 0.6 is 0 Å². The van der Waals surface area contributed by atoms with E-state index in [2.05, 4.69) is 9.97 Å². The summed E-state index contributed by atoms with van der Waals surface area (Å²) in [6.45, 7) is 0. The van der Waals surface area contributed by atoms with Crippen LogP contribution in [0.4, 0.5) is 4.39 Å². The normalized spacial score (nSPS) is 17.7. The van der Waals surface area contributed by atoms with Gasteiger partial charge < -0.3 is 0 Å². The molecule has 2 aromatic carbocycles. The van der Waals surface area contributed by atoms with E-state index in [9.17, 15) is 17.6 Å². The highest BCUT2D eigenvalue weighted by molar-refractivity contribution is 7.90. The van der Waals surface area contributed by atoms with Crippen molar-refractivity contribution in [3.63, 3.8) is 0 Å². The van der Waals surface area contributed by atoms with Crippen molar-refractivity contribution in [2.45, 2.75) is 29.4 Å². The fourth-order valence-electron chi connectivity index (χ4n) is 4.26. The standard InChI is InChI=1S/C26H21FN2O3S/c27-26-19(3-4-20-15-29-11-9-22(20)26)12-25(30)24-13-23(24)18-5-7-21(8-6-18)33(31,32)16-17-2-1-10-28-14-17/h1-11,14-15,23-24H,12-13,16H2/t23?,24-/m1/s1. The summed E-state index contributed by atoms with van der Waals surface area (Å²) in [4.78, 5) is 21.0. The largest absolute Gasteiger partial charge is 0.299 e. The Morgan fingerprint density at radius 1 is 0.970 bits per heavy atom. The smallest absolute Gasteiger partial charge is 0.182 e. The quantitative estimate of drug-likeness (QED) is 0.401. The molecule has 5 rings (SSSR count). The number of hydrogen-bond donors (Lipinski definition) is 0. The second-order valence-electron chi connectivity index (χ2n) is 8.42. The number of pyridine rings is 2. The van der Waals surface area contributed by atoms with Crippen molar-refractivity contribution in [3.8, 4) is 0 Å². The Hall–Kier alpha value is -3.45. The van der Waals surface area contributed by atoms with Crippen molar-refractivity contribution < 1.29 is 17.6 Å². The van der Waals surface area contributed by atoms with Gasteiger partial charge in [0.2, 0.25) is 0 Å². The first-order valence-corrected chi connectivity index (χ1v) is 12.3. The number of hydrogen-bond acceptors (Lipinski definition) is 5. The molecule has 0 aliphatic heterocycles. The Kier molecular flexibility index (Phi) is 5.50. The highest BCUT2D eigenvalue weighted by atomic mass is 32.2. The zero-order valence-corrected chi connectivity index (χ0v) is 18.5. The molecular formula is C26H21FN2O3S. The minimum Gasteiger partial charge on any atom is -0.299 e. The molecule has 1 aliphatic carbocycles. The van der Waals surface area contributed by atoms with Crippen molar-refractivity contribution >= 4 is 26.4 Å². The average molecular weight is 461 g/mol. The zero-order valence-electron chi connectivity index (χ0n) is 17.7. The maximum Gasteiger partial charge on any atom is 0.182 e. The van der Waals surface area contributed by atoms with E-state index >= 15 is 0 Å². The lowest BCUT2D eigenvalue weighted by Gasteiger charge is -2.07. The number of Topliss-reactive ketones (excluding diaryl/α,β-unsaturated/α-hetero) is 1. The first-order chi connectivity index (χ1) is 15.9. The van der Waals surface area contributed by atoms with Crippen molar-refractivity contribution in [1.82, 2.24) is 9.97 Å². The van der Waals surface area contributed by atoms with Crippen LogP contribution in [-0.2, 0) is 26.8 Å². The number of benzene rings is 2. The fourth-order valence-corrected chi connectivity index (χ4v) is 5.59. The lowest BCUT2D eigenvalue weighted by molar-refractivity contribution is -0.119. The van der Waals surface area contributed by atoms with E-state index in [-0.39, 0.29) is 40.5 Å². The van der Waals surface area contributed by atoms with Crippen LogP contribution in [0.2, 0.25) is 0 Å². The van der Waals surface area contributed by atoms with Crippen molar-refractivity contribution in [2.75, 3.05) is 0 Å². The highest BCUT2D eigenvalue weighted by Gasteiger charge is 2.43. The van der Waals surface area contributed by atoms with Crippen LogP contribution in [0.5, 0.6) is 0 Å². The second-order valence-corrected chi connectivity index (χ2v) is 10.4. The van der Waals surface area contributed by atoms with Crippen LogP contribution < -0.4 is 0 Å². The average Bonchev–Trinajstić information content (AvgIpc) is 3.63. The van der Waals surface area contributed by atoms with E-state index in [0.29, 0.717) is 28.3 Å². The van der Waals surface area contributed by atoms with Crippen LogP contribution in [0.1, 0.15) is 29.0 Å². The van der Waals surface area contributed by atoms with Gasteiger partial charge in [-0.05, 0) is 53.3 Å². The summed E-state index contributed by atoms with van der Waals surface area (Å²) in [6, 6.07) is 15.2. The fraction of sp³-hybridized carbons (Fsp3) is 0.192. The summed E-state index contributed by atoms with van der Waals surface area (Å²) in [6.07, 6.45) is 7.02. The van der Waals surface area contributed by atoms with E-state index in [1.807, 2.05) is 0 Å². The zero-order chi connectivity index (χ0) is 23.0. The molecule has 0 bridgehead atoms. The van der Waals surface area contributed by atoms with Gasteiger partial charge in [-0.15, -0.1) is 0 Å². The molecule has 2 atom stereocenters. The third kappa shape index (κ3) is 4.41. The highest BCUT2D eigenvalue weighted by Crippen LogP contribution is 2.48. The SMILES string of the molecule is O=C(Cc1ccc2cnccc2c1F)[C@@H]1CC1c1ccc(S(=O)(=O)Cc2cccnc2)cc1. The van der Waals surface area contributed by atoms with Crippen LogP contribution in [0.25, 0.3) is 10.8 Å². The van der Waals surface area contributed by atoms with Gasteiger partial charge in [0.25, 0.3) is 0 Å².